The molecule has 26 heavy (non-hydrogen) atoms. The maximum Gasteiger partial charge on any atom is 0.338 e. The van der Waals surface area contributed by atoms with Crippen LogP contribution in [0.5, 0.6) is 0 Å². The summed E-state index contributed by atoms with van der Waals surface area (Å²) in [6.45, 7) is 6.99. The lowest BCUT2D eigenvalue weighted by Gasteiger charge is -2.27. The molecule has 1 aliphatic rings. The number of carbonyl (C=O) groups is 4. The van der Waals surface area contributed by atoms with Crippen molar-refractivity contribution in [2.45, 2.75) is 52.2 Å². The molecule has 3 amide bonds. The van der Waals surface area contributed by atoms with Crippen molar-refractivity contribution in [2.24, 2.45) is 0 Å². The second-order valence-corrected chi connectivity index (χ2v) is 7.10. The molecule has 1 saturated heterocycles. The van der Waals surface area contributed by atoms with Gasteiger partial charge in [-0.3, -0.25) is 19.8 Å². The van der Waals surface area contributed by atoms with E-state index in [0.717, 1.165) is 5.01 Å². The molecule has 0 bridgehead atoms. The van der Waals surface area contributed by atoms with E-state index in [4.69, 9.17) is 4.74 Å². The average molecular weight is 361 g/mol. The van der Waals surface area contributed by atoms with Crippen molar-refractivity contribution in [1.82, 2.24) is 10.7 Å². The molecule has 8 heteroatoms. The summed E-state index contributed by atoms with van der Waals surface area (Å²) in [4.78, 5) is 47.5. The van der Waals surface area contributed by atoms with Crippen molar-refractivity contribution in [3.8, 4) is 0 Å². The molecular formula is C18H23N3O5. The van der Waals surface area contributed by atoms with Crippen LogP contribution in [0, 0.1) is 0 Å². The van der Waals surface area contributed by atoms with E-state index in [2.05, 4.69) is 10.7 Å². The molecule has 1 aliphatic heterocycles. The highest BCUT2D eigenvalue weighted by atomic mass is 16.5. The van der Waals surface area contributed by atoms with Gasteiger partial charge in [0.05, 0.1) is 11.3 Å². The molecule has 1 aromatic rings. The minimum atomic E-state index is -0.940. The zero-order valence-electron chi connectivity index (χ0n) is 15.3. The Balaban J connectivity index is 2.01. The van der Waals surface area contributed by atoms with Crippen molar-refractivity contribution in [1.29, 1.82) is 0 Å². The highest BCUT2D eigenvalue weighted by molar-refractivity contribution is 6.01. The number of ether oxygens (including phenoxy) is 1. The van der Waals surface area contributed by atoms with Crippen LogP contribution in [0.1, 0.15) is 50.9 Å². The van der Waals surface area contributed by atoms with Gasteiger partial charge in [0.25, 0.3) is 5.91 Å². The fraction of sp³-hybridized carbons (Fsp3) is 0.444. The third-order valence-electron chi connectivity index (χ3n) is 3.56. The minimum absolute atomic E-state index is 0.135. The normalized spacial score (nSPS) is 15.9. The lowest BCUT2D eigenvalue weighted by molar-refractivity contribution is -0.130. The fourth-order valence-corrected chi connectivity index (χ4v) is 2.28. The molecule has 1 aromatic carbocycles. The number of amides is 3. The van der Waals surface area contributed by atoms with Crippen molar-refractivity contribution in [2.75, 3.05) is 5.01 Å². The van der Waals surface area contributed by atoms with Gasteiger partial charge in [-0.1, -0.05) is 0 Å². The van der Waals surface area contributed by atoms with Crippen LogP contribution in [0.3, 0.4) is 0 Å². The summed E-state index contributed by atoms with van der Waals surface area (Å²) in [6.07, 6.45) is -0.644. The monoisotopic (exact) mass is 361 g/mol. The van der Waals surface area contributed by atoms with Gasteiger partial charge in [-0.15, -0.1) is 0 Å². The zero-order valence-corrected chi connectivity index (χ0v) is 15.3. The Morgan fingerprint density at radius 3 is 2.35 bits per heavy atom. The summed E-state index contributed by atoms with van der Waals surface area (Å²) in [5, 5.41) is 3.89. The number of rotatable bonds is 4. The molecule has 2 N–H and O–H groups in total. The number of hydrogen-bond acceptors (Lipinski definition) is 5. The van der Waals surface area contributed by atoms with Crippen LogP contribution in [0.4, 0.5) is 5.69 Å². The smallest absolute Gasteiger partial charge is 0.338 e. The topological polar surface area (TPSA) is 105 Å². The first kappa shape index (κ1) is 19.4. The van der Waals surface area contributed by atoms with Crippen LogP contribution in [-0.4, -0.2) is 35.3 Å². The number of benzene rings is 1. The summed E-state index contributed by atoms with van der Waals surface area (Å²) in [5.74, 6) is -1.51. The molecule has 140 valence electrons. The zero-order chi connectivity index (χ0) is 19.5. The largest absolute Gasteiger partial charge is 0.449 e. The second-order valence-electron chi connectivity index (χ2n) is 7.10. The van der Waals surface area contributed by atoms with Crippen molar-refractivity contribution >= 4 is 29.4 Å². The lowest BCUT2D eigenvalue weighted by atomic mass is 10.1. The molecule has 0 radical (unpaired) electrons. The Bertz CT molecular complexity index is 721. The van der Waals surface area contributed by atoms with E-state index in [1.165, 1.54) is 31.2 Å². The fourth-order valence-electron chi connectivity index (χ4n) is 2.28. The van der Waals surface area contributed by atoms with Crippen LogP contribution in [-0.2, 0) is 19.1 Å². The number of nitrogens with one attached hydrogen (secondary N) is 2. The minimum Gasteiger partial charge on any atom is -0.449 e. The van der Waals surface area contributed by atoms with Crippen molar-refractivity contribution in [3.63, 3.8) is 0 Å². The first-order valence-corrected chi connectivity index (χ1v) is 8.32. The Morgan fingerprint density at radius 2 is 1.77 bits per heavy atom. The molecule has 1 unspecified atom stereocenters. The van der Waals surface area contributed by atoms with Crippen LogP contribution in [0.25, 0.3) is 0 Å². The maximum absolute atomic E-state index is 12.2. The Hall–Kier alpha value is -2.90. The van der Waals surface area contributed by atoms with E-state index in [0.29, 0.717) is 5.69 Å². The van der Waals surface area contributed by atoms with Crippen LogP contribution in [0.15, 0.2) is 24.3 Å². The molecule has 1 heterocycles. The van der Waals surface area contributed by atoms with Crippen LogP contribution in [0.2, 0.25) is 0 Å². The number of carbonyl (C=O) groups excluding carboxylic acids is 4. The Labute approximate surface area is 151 Å². The lowest BCUT2D eigenvalue weighted by Crippen LogP contribution is -2.50. The summed E-state index contributed by atoms with van der Waals surface area (Å²) < 4.78 is 5.17. The standard InChI is InChI=1S/C18H23N3O5/c1-11(16(24)19-18(2,3)4)26-17(25)12-5-7-13(8-6-12)21-15(23)10-9-14(22)20-21/h5-8,11H,9-10H2,1-4H3,(H,19,24)(H,20,22). The molecule has 2 rings (SSSR count). The highest BCUT2D eigenvalue weighted by Crippen LogP contribution is 2.18. The highest BCUT2D eigenvalue weighted by Gasteiger charge is 2.25. The molecule has 1 fully saturated rings. The molecule has 0 aliphatic carbocycles. The molecule has 1 atom stereocenters. The number of nitrogens with zero attached hydrogens (tertiary/aromatic N) is 1. The quantitative estimate of drug-likeness (QED) is 0.787. The molecular weight excluding hydrogens is 338 g/mol. The van der Waals surface area contributed by atoms with Gasteiger partial charge in [-0.2, -0.15) is 0 Å². The number of anilines is 1. The van der Waals surface area contributed by atoms with Gasteiger partial charge in [-0.05, 0) is 52.0 Å². The predicted octanol–water partition coefficient (Wildman–Crippen LogP) is 1.30. The first-order valence-electron chi connectivity index (χ1n) is 8.32. The van der Waals surface area contributed by atoms with Crippen molar-refractivity contribution in [3.05, 3.63) is 29.8 Å². The SMILES string of the molecule is CC(OC(=O)c1ccc(N2NC(=O)CCC2=O)cc1)C(=O)NC(C)(C)C. The van der Waals surface area contributed by atoms with Gasteiger partial charge < -0.3 is 10.1 Å². The molecule has 0 saturated carbocycles. The Morgan fingerprint density at radius 1 is 1.15 bits per heavy atom. The van der Waals surface area contributed by atoms with E-state index in [1.54, 1.807) is 0 Å². The summed E-state index contributed by atoms with van der Waals surface area (Å²) in [5.41, 5.74) is 2.73. The van der Waals surface area contributed by atoms with Crippen LogP contribution < -0.4 is 15.8 Å². The Kier molecular flexibility index (Phi) is 5.64. The summed E-state index contributed by atoms with van der Waals surface area (Å²) in [7, 11) is 0. The van der Waals surface area contributed by atoms with E-state index in [9.17, 15) is 19.2 Å². The van der Waals surface area contributed by atoms with E-state index < -0.39 is 17.6 Å². The van der Waals surface area contributed by atoms with Gasteiger partial charge in [0.15, 0.2) is 6.10 Å². The maximum atomic E-state index is 12.2. The van der Waals surface area contributed by atoms with Gasteiger partial charge >= 0.3 is 5.97 Å². The molecule has 8 nitrogen and oxygen atoms in total. The second kappa shape index (κ2) is 7.55. The van der Waals surface area contributed by atoms with Gasteiger partial charge in [0.1, 0.15) is 0 Å². The van der Waals surface area contributed by atoms with E-state index >= 15 is 0 Å². The third-order valence-corrected chi connectivity index (χ3v) is 3.56. The third kappa shape index (κ3) is 5.05. The average Bonchev–Trinajstić information content (AvgIpc) is 2.55. The van der Waals surface area contributed by atoms with Crippen LogP contribution >= 0.6 is 0 Å². The van der Waals surface area contributed by atoms with Crippen molar-refractivity contribution < 1.29 is 23.9 Å². The number of hydrazine groups is 1. The predicted molar refractivity (Wildman–Crippen MR) is 94.1 cm³/mol. The van der Waals surface area contributed by atoms with Gasteiger partial charge in [0, 0.05) is 18.4 Å². The molecule has 0 aromatic heterocycles. The first-order chi connectivity index (χ1) is 12.1. The summed E-state index contributed by atoms with van der Waals surface area (Å²) >= 11 is 0. The van der Waals surface area contributed by atoms with Gasteiger partial charge in [-0.25, -0.2) is 9.80 Å². The molecule has 0 spiro atoms. The summed E-state index contributed by atoms with van der Waals surface area (Å²) in [6, 6.07) is 6.00. The van der Waals surface area contributed by atoms with Gasteiger partial charge in [0.2, 0.25) is 11.8 Å². The number of hydrogen-bond donors (Lipinski definition) is 2. The van der Waals surface area contributed by atoms with E-state index in [-0.39, 0.29) is 36.1 Å². The van der Waals surface area contributed by atoms with E-state index in [1.807, 2.05) is 20.8 Å². The number of esters is 1.